The lowest BCUT2D eigenvalue weighted by molar-refractivity contribution is -0.122. The fourth-order valence-corrected chi connectivity index (χ4v) is 5.18. The van der Waals surface area contributed by atoms with E-state index < -0.39 is 0 Å². The average molecular weight is 528 g/mol. The molecular formula is C26H26ClN3O3S2. The third-order valence-corrected chi connectivity index (χ3v) is 7.51. The highest BCUT2D eigenvalue weighted by atomic mass is 35.5. The van der Waals surface area contributed by atoms with Crippen LogP contribution in [0.5, 0.6) is 11.6 Å². The molecule has 0 atom stereocenters. The summed E-state index contributed by atoms with van der Waals surface area (Å²) in [6.07, 6.45) is 8.63. The Labute approximate surface area is 219 Å². The molecule has 2 aromatic heterocycles. The normalized spacial score (nSPS) is 14.9. The molecule has 35 heavy (non-hydrogen) atoms. The van der Waals surface area contributed by atoms with Crippen molar-refractivity contribution in [2.45, 2.75) is 46.0 Å². The second-order valence-corrected chi connectivity index (χ2v) is 10.4. The monoisotopic (exact) mass is 527 g/mol. The van der Waals surface area contributed by atoms with E-state index in [-0.39, 0.29) is 22.9 Å². The fraction of sp³-hybridized carbons (Fsp3) is 0.308. The minimum Gasteiger partial charge on any atom is -0.438 e. The summed E-state index contributed by atoms with van der Waals surface area (Å²) in [4.78, 5) is 33.1. The highest BCUT2D eigenvalue weighted by Crippen LogP contribution is 2.34. The summed E-state index contributed by atoms with van der Waals surface area (Å²) in [5.74, 6) is 0.419. The number of nitrogens with zero attached hydrogens (tertiary/aromatic N) is 3. The lowest BCUT2D eigenvalue weighted by atomic mass is 10.1. The van der Waals surface area contributed by atoms with Gasteiger partial charge in [-0.1, -0.05) is 74.3 Å². The van der Waals surface area contributed by atoms with E-state index in [1.807, 2.05) is 6.92 Å². The molecule has 6 nitrogen and oxygen atoms in total. The van der Waals surface area contributed by atoms with Gasteiger partial charge in [-0.15, -0.1) is 0 Å². The van der Waals surface area contributed by atoms with Gasteiger partial charge < -0.3 is 4.74 Å². The Bertz CT molecular complexity index is 1370. The molecule has 1 aromatic carbocycles. The molecule has 1 aliphatic heterocycles. The SMILES string of the molecule is CCCCCCCN1C(=O)/C(=C\c2c(Oc3ccc(Cl)c(C)c3)nc3ccccn3c2=O)SC1=S. The quantitative estimate of drug-likeness (QED) is 0.177. The number of fused-ring (bicyclic) bond motifs is 1. The van der Waals surface area contributed by atoms with E-state index in [2.05, 4.69) is 11.9 Å². The second kappa shape index (κ2) is 11.4. The molecule has 0 N–H and O–H groups in total. The number of carbonyl (C=O) groups is 1. The van der Waals surface area contributed by atoms with Crippen LogP contribution in [0.3, 0.4) is 0 Å². The number of hydrogen-bond donors (Lipinski definition) is 0. The number of thioether (sulfide) groups is 1. The lowest BCUT2D eigenvalue weighted by Gasteiger charge is -2.14. The topological polar surface area (TPSA) is 63.9 Å². The number of hydrogen-bond acceptors (Lipinski definition) is 6. The maximum atomic E-state index is 13.4. The van der Waals surface area contributed by atoms with Gasteiger partial charge in [-0.25, -0.2) is 0 Å². The van der Waals surface area contributed by atoms with Gasteiger partial charge in [-0.2, -0.15) is 4.98 Å². The van der Waals surface area contributed by atoms with E-state index in [0.717, 1.165) is 24.8 Å². The summed E-state index contributed by atoms with van der Waals surface area (Å²) in [5, 5.41) is 0.613. The molecule has 9 heteroatoms. The Hall–Kier alpha value is -2.68. The van der Waals surface area contributed by atoms with Crippen LogP contribution in [0.1, 0.15) is 50.2 Å². The highest BCUT2D eigenvalue weighted by Gasteiger charge is 2.32. The summed E-state index contributed by atoms with van der Waals surface area (Å²) >= 11 is 12.8. The molecule has 1 aliphatic rings. The number of halogens is 1. The van der Waals surface area contributed by atoms with Crippen LogP contribution in [0.4, 0.5) is 0 Å². The summed E-state index contributed by atoms with van der Waals surface area (Å²) < 4.78 is 7.97. The van der Waals surface area contributed by atoms with E-state index in [1.165, 1.54) is 29.0 Å². The van der Waals surface area contributed by atoms with Crippen molar-refractivity contribution in [3.05, 3.63) is 74.0 Å². The molecule has 0 radical (unpaired) electrons. The molecule has 0 bridgehead atoms. The summed E-state index contributed by atoms with van der Waals surface area (Å²) in [6.45, 7) is 4.61. The number of pyridine rings is 1. The van der Waals surface area contributed by atoms with Crippen molar-refractivity contribution in [2.24, 2.45) is 0 Å². The Morgan fingerprint density at radius 3 is 2.71 bits per heavy atom. The molecule has 4 rings (SSSR count). The van der Waals surface area contributed by atoms with Crippen molar-refractivity contribution in [3.8, 4) is 11.6 Å². The summed E-state index contributed by atoms with van der Waals surface area (Å²) in [5.41, 5.74) is 1.13. The van der Waals surface area contributed by atoms with E-state index in [9.17, 15) is 9.59 Å². The molecule has 0 aliphatic carbocycles. The van der Waals surface area contributed by atoms with Gasteiger partial charge in [0.05, 0.1) is 4.91 Å². The van der Waals surface area contributed by atoms with Crippen LogP contribution in [0.15, 0.2) is 52.3 Å². The number of unbranched alkanes of at least 4 members (excludes halogenated alkanes) is 4. The zero-order valence-electron chi connectivity index (χ0n) is 19.6. The van der Waals surface area contributed by atoms with Gasteiger partial charge in [-0.05, 0) is 55.3 Å². The van der Waals surface area contributed by atoms with Gasteiger partial charge in [0.25, 0.3) is 11.5 Å². The molecule has 0 unspecified atom stereocenters. The van der Waals surface area contributed by atoms with Gasteiger partial charge >= 0.3 is 0 Å². The number of aromatic nitrogens is 2. The minimum atomic E-state index is -0.332. The first-order valence-corrected chi connectivity index (χ1v) is 13.2. The van der Waals surface area contributed by atoms with Crippen molar-refractivity contribution in [3.63, 3.8) is 0 Å². The van der Waals surface area contributed by atoms with Crippen molar-refractivity contribution in [1.29, 1.82) is 0 Å². The lowest BCUT2D eigenvalue weighted by Crippen LogP contribution is -2.29. The average Bonchev–Trinajstić information content (AvgIpc) is 3.11. The van der Waals surface area contributed by atoms with E-state index in [4.69, 9.17) is 28.6 Å². The van der Waals surface area contributed by atoms with Crippen LogP contribution in [-0.4, -0.2) is 31.1 Å². The van der Waals surface area contributed by atoms with Crippen LogP contribution in [0.2, 0.25) is 5.02 Å². The van der Waals surface area contributed by atoms with Crippen molar-refractivity contribution in [1.82, 2.24) is 14.3 Å². The maximum absolute atomic E-state index is 13.4. The largest absolute Gasteiger partial charge is 0.438 e. The Morgan fingerprint density at radius 1 is 1.14 bits per heavy atom. The first kappa shape index (κ1) is 25.4. The maximum Gasteiger partial charge on any atom is 0.269 e. The molecule has 3 aromatic rings. The van der Waals surface area contributed by atoms with Gasteiger partial charge in [0.1, 0.15) is 21.3 Å². The molecule has 1 saturated heterocycles. The van der Waals surface area contributed by atoms with Gasteiger partial charge in [0, 0.05) is 17.8 Å². The van der Waals surface area contributed by atoms with E-state index in [1.54, 1.807) is 53.6 Å². The highest BCUT2D eigenvalue weighted by molar-refractivity contribution is 8.26. The van der Waals surface area contributed by atoms with Crippen molar-refractivity contribution in [2.75, 3.05) is 6.54 Å². The van der Waals surface area contributed by atoms with Crippen LogP contribution in [0, 0.1) is 6.92 Å². The Morgan fingerprint density at radius 2 is 1.94 bits per heavy atom. The number of ether oxygens (including phenoxy) is 1. The number of benzene rings is 1. The van der Waals surface area contributed by atoms with Crippen LogP contribution < -0.4 is 10.3 Å². The van der Waals surface area contributed by atoms with Gasteiger partial charge in [-0.3, -0.25) is 18.9 Å². The smallest absolute Gasteiger partial charge is 0.269 e. The van der Waals surface area contributed by atoms with Crippen molar-refractivity contribution < 1.29 is 9.53 Å². The van der Waals surface area contributed by atoms with Gasteiger partial charge in [0.15, 0.2) is 0 Å². The molecule has 0 spiro atoms. The first-order chi connectivity index (χ1) is 16.9. The summed E-state index contributed by atoms with van der Waals surface area (Å²) in [6, 6.07) is 10.5. The second-order valence-electron chi connectivity index (χ2n) is 8.33. The molecule has 0 saturated carbocycles. The Balaban J connectivity index is 1.68. The predicted octanol–water partition coefficient (Wildman–Crippen LogP) is 6.62. The number of rotatable bonds is 9. The first-order valence-electron chi connectivity index (χ1n) is 11.6. The third-order valence-electron chi connectivity index (χ3n) is 5.71. The fourth-order valence-electron chi connectivity index (χ4n) is 3.77. The molecule has 1 amide bonds. The zero-order valence-corrected chi connectivity index (χ0v) is 22.0. The number of thiocarbonyl (C=S) groups is 1. The number of aryl methyl sites for hydroxylation is 1. The van der Waals surface area contributed by atoms with Crippen molar-refractivity contribution >= 4 is 57.5 Å². The number of carbonyl (C=O) groups excluding carboxylic acids is 1. The van der Waals surface area contributed by atoms with Crippen LogP contribution in [0.25, 0.3) is 11.7 Å². The standard InChI is InChI=1S/C26H26ClN3O3S2/c1-3-4-5-6-8-14-30-25(32)21(35-26(30)34)16-19-23(33-18-11-12-20(27)17(2)15-18)28-22-10-7-9-13-29(22)24(19)31/h7,9-13,15-16H,3-6,8,14H2,1-2H3/b21-16+. The molecule has 182 valence electrons. The van der Waals surface area contributed by atoms with Gasteiger partial charge in [0.2, 0.25) is 5.88 Å². The molecular weight excluding hydrogens is 502 g/mol. The van der Waals surface area contributed by atoms with E-state index >= 15 is 0 Å². The molecule has 1 fully saturated rings. The van der Waals surface area contributed by atoms with E-state index in [0.29, 0.717) is 32.2 Å². The van der Waals surface area contributed by atoms with Crippen LogP contribution in [-0.2, 0) is 4.79 Å². The number of amides is 1. The Kier molecular flexibility index (Phi) is 8.26. The zero-order chi connectivity index (χ0) is 24.9. The predicted molar refractivity (Wildman–Crippen MR) is 146 cm³/mol. The molecule has 3 heterocycles. The minimum absolute atomic E-state index is 0.118. The third kappa shape index (κ3) is 5.77. The summed E-state index contributed by atoms with van der Waals surface area (Å²) in [7, 11) is 0. The van der Waals surface area contributed by atoms with Crippen LogP contribution >= 0.6 is 35.6 Å².